The van der Waals surface area contributed by atoms with Gasteiger partial charge >= 0.3 is 13.3 Å². The van der Waals surface area contributed by atoms with Crippen LogP contribution in [0.4, 0.5) is 5.82 Å². The van der Waals surface area contributed by atoms with E-state index < -0.39 is 26.4 Å². The first kappa shape index (κ1) is 15.6. The minimum Gasteiger partial charge on any atom is -0.383 e. The van der Waals surface area contributed by atoms with E-state index in [1.807, 2.05) is 0 Å². The summed E-state index contributed by atoms with van der Waals surface area (Å²) in [6.07, 6.45) is 0.426. The summed E-state index contributed by atoms with van der Waals surface area (Å²) in [5, 5.41) is 0. The number of nitrogen functional groups attached to an aromatic ring is 1. The van der Waals surface area contributed by atoms with Gasteiger partial charge in [-0.2, -0.15) is 4.98 Å². The zero-order valence-corrected chi connectivity index (χ0v) is 9.62. The lowest BCUT2D eigenvalue weighted by molar-refractivity contribution is -0.0533. The Morgan fingerprint density at radius 1 is 1.53 bits per heavy atom. The molecular formula is C6H13N4O6P. The van der Waals surface area contributed by atoms with Gasteiger partial charge in [0.15, 0.2) is 6.35 Å². The second kappa shape index (κ2) is 6.33. The molecular weight excluding hydrogens is 255 g/mol. The highest BCUT2D eigenvalue weighted by atomic mass is 31.2. The molecule has 0 bridgehead atoms. The zero-order valence-electron chi connectivity index (χ0n) is 8.72. The van der Waals surface area contributed by atoms with Gasteiger partial charge in [0.05, 0.1) is 6.20 Å². The Morgan fingerprint density at radius 3 is 2.71 bits per heavy atom. The van der Waals surface area contributed by atoms with E-state index in [1.54, 1.807) is 0 Å². The molecule has 0 aliphatic carbocycles. The van der Waals surface area contributed by atoms with E-state index in [0.717, 1.165) is 4.73 Å². The first-order valence-electron chi connectivity index (χ1n) is 3.99. The number of aromatic nitrogens is 2. The smallest absolute Gasteiger partial charge is 0.382 e. The van der Waals surface area contributed by atoms with E-state index in [0.29, 0.717) is 0 Å². The molecule has 0 unspecified atom stereocenters. The van der Waals surface area contributed by atoms with Crippen LogP contribution in [0.3, 0.4) is 0 Å². The molecule has 1 heterocycles. The quantitative estimate of drug-likeness (QED) is 0.282. The molecule has 11 heteroatoms. The topological polar surface area (TPSA) is 172 Å². The predicted octanol–water partition coefficient (Wildman–Crippen LogP) is -1.47. The van der Waals surface area contributed by atoms with Crippen molar-refractivity contribution >= 4 is 13.4 Å². The third-order valence-electron chi connectivity index (χ3n) is 1.33. The van der Waals surface area contributed by atoms with Crippen molar-refractivity contribution in [2.24, 2.45) is 0 Å². The van der Waals surface area contributed by atoms with E-state index in [4.69, 9.17) is 20.4 Å². The molecule has 0 atom stereocenters. The maximum absolute atomic E-state index is 11.1. The van der Waals surface area contributed by atoms with Crippen molar-refractivity contribution in [2.45, 2.75) is 0 Å². The summed E-state index contributed by atoms with van der Waals surface area (Å²) >= 11 is 0. The summed E-state index contributed by atoms with van der Waals surface area (Å²) in [5.74, 6) is 0.0426. The summed E-state index contributed by atoms with van der Waals surface area (Å²) in [7, 11) is -4.23. The van der Waals surface area contributed by atoms with Crippen molar-refractivity contribution in [3.05, 3.63) is 22.7 Å². The molecule has 0 radical (unpaired) electrons. The second-order valence-electron chi connectivity index (χ2n) is 2.71. The van der Waals surface area contributed by atoms with Crippen LogP contribution in [0.5, 0.6) is 0 Å². The molecule has 1 rings (SSSR count). The molecule has 7 N–H and O–H groups in total. The first-order chi connectivity index (χ1) is 7.38. The molecule has 1 aromatic heterocycles. The van der Waals surface area contributed by atoms with Crippen LogP contribution in [-0.2, 0) is 9.30 Å². The Bertz CT molecular complexity index is 456. The third kappa shape index (κ3) is 6.00. The minimum atomic E-state index is -4.23. The maximum Gasteiger partial charge on any atom is 0.382 e. The molecule has 0 saturated carbocycles. The van der Waals surface area contributed by atoms with Crippen LogP contribution in [0.25, 0.3) is 0 Å². The van der Waals surface area contributed by atoms with Crippen LogP contribution >= 0.6 is 7.60 Å². The van der Waals surface area contributed by atoms with Crippen LogP contribution in [0, 0.1) is 0 Å². The van der Waals surface area contributed by atoms with Gasteiger partial charge < -0.3 is 31.2 Å². The number of hydrogen-bond donors (Lipinski definition) is 4. The number of ether oxygens (including phenoxy) is 1. The minimum absolute atomic E-state index is 0. The van der Waals surface area contributed by atoms with Crippen LogP contribution in [-0.4, -0.2) is 32.6 Å². The summed E-state index contributed by atoms with van der Waals surface area (Å²) in [5.41, 5.74) is 4.47. The molecule has 10 nitrogen and oxygen atoms in total. The SMILES string of the molecule is N.Nc1ccn(OCOCP(=O)(O)O)c(=O)n1. The van der Waals surface area contributed by atoms with E-state index in [-0.39, 0.29) is 12.0 Å². The fourth-order valence-corrected chi connectivity index (χ4v) is 1.07. The van der Waals surface area contributed by atoms with Gasteiger partial charge in [0.2, 0.25) is 6.79 Å². The monoisotopic (exact) mass is 268 g/mol. The fraction of sp³-hybridized carbons (Fsp3) is 0.333. The van der Waals surface area contributed by atoms with Gasteiger partial charge in [-0.1, -0.05) is 0 Å². The summed E-state index contributed by atoms with van der Waals surface area (Å²) in [6.45, 7) is -0.489. The first-order valence-corrected chi connectivity index (χ1v) is 5.79. The van der Waals surface area contributed by atoms with E-state index in [2.05, 4.69) is 9.72 Å². The highest BCUT2D eigenvalue weighted by Crippen LogP contribution is 2.33. The molecule has 0 aromatic carbocycles. The maximum atomic E-state index is 11.1. The lowest BCUT2D eigenvalue weighted by Crippen LogP contribution is -2.30. The Kier molecular flexibility index (Phi) is 5.79. The lowest BCUT2D eigenvalue weighted by atomic mass is 10.6. The van der Waals surface area contributed by atoms with Crippen LogP contribution < -0.4 is 22.4 Å². The number of nitrogens with two attached hydrogens (primary N) is 1. The average Bonchev–Trinajstić information content (AvgIpc) is 2.13. The molecule has 17 heavy (non-hydrogen) atoms. The van der Waals surface area contributed by atoms with Crippen molar-refractivity contribution in [1.82, 2.24) is 15.9 Å². The Hall–Kier alpha value is -1.45. The second-order valence-corrected chi connectivity index (χ2v) is 4.29. The number of anilines is 1. The molecule has 1 aromatic rings. The van der Waals surface area contributed by atoms with Gasteiger partial charge in [-0.25, -0.2) is 4.79 Å². The Balaban J connectivity index is 0.00000256. The fourth-order valence-electron chi connectivity index (χ4n) is 0.753. The number of nitrogens with zero attached hydrogens (tertiary/aromatic N) is 2. The Labute approximate surface area is 95.7 Å². The van der Waals surface area contributed by atoms with Crippen LogP contribution in [0.1, 0.15) is 0 Å². The predicted molar refractivity (Wildman–Crippen MR) is 57.4 cm³/mol. The molecule has 0 aliphatic heterocycles. The van der Waals surface area contributed by atoms with Gasteiger partial charge in [0.1, 0.15) is 5.82 Å². The molecule has 98 valence electrons. The van der Waals surface area contributed by atoms with Gasteiger partial charge in [-0.3, -0.25) is 4.57 Å². The molecule has 0 spiro atoms. The molecule has 0 saturated heterocycles. The summed E-state index contributed by atoms with van der Waals surface area (Å²) < 4.78 is 15.6. The summed E-state index contributed by atoms with van der Waals surface area (Å²) in [4.78, 5) is 36.0. The van der Waals surface area contributed by atoms with Gasteiger partial charge in [-0.15, -0.1) is 4.73 Å². The van der Waals surface area contributed by atoms with E-state index >= 15 is 0 Å². The zero-order chi connectivity index (χ0) is 12.2. The number of rotatable bonds is 5. The van der Waals surface area contributed by atoms with E-state index in [1.165, 1.54) is 12.3 Å². The average molecular weight is 268 g/mol. The van der Waals surface area contributed by atoms with Crippen molar-refractivity contribution in [3.63, 3.8) is 0 Å². The summed E-state index contributed by atoms with van der Waals surface area (Å²) in [6, 6.07) is 1.32. The third-order valence-corrected chi connectivity index (χ3v) is 1.85. The van der Waals surface area contributed by atoms with Crippen molar-refractivity contribution in [3.8, 4) is 0 Å². The lowest BCUT2D eigenvalue weighted by Gasteiger charge is -2.08. The number of hydrogen-bond acceptors (Lipinski definition) is 7. The van der Waals surface area contributed by atoms with Crippen LogP contribution in [0.2, 0.25) is 0 Å². The van der Waals surface area contributed by atoms with Gasteiger partial charge in [0, 0.05) is 6.07 Å². The Morgan fingerprint density at radius 2 is 2.18 bits per heavy atom. The molecule has 0 aliphatic rings. The van der Waals surface area contributed by atoms with Crippen LogP contribution in [0.15, 0.2) is 17.1 Å². The highest BCUT2D eigenvalue weighted by molar-refractivity contribution is 7.51. The highest BCUT2D eigenvalue weighted by Gasteiger charge is 2.12. The van der Waals surface area contributed by atoms with Crippen molar-refractivity contribution < 1.29 is 23.9 Å². The molecule has 0 fully saturated rings. The standard InChI is InChI=1S/C6H10N3O6P.H3N/c7-5-1-2-9(6(10)8-5)15-3-14-4-16(11,12)13;/h1-2H,3-4H2,(H2,7,8,10)(H2,11,12,13);1H3. The van der Waals surface area contributed by atoms with Crippen molar-refractivity contribution in [2.75, 3.05) is 18.9 Å². The molecule has 0 amide bonds. The van der Waals surface area contributed by atoms with Crippen molar-refractivity contribution in [1.29, 1.82) is 0 Å². The van der Waals surface area contributed by atoms with Gasteiger partial charge in [0.25, 0.3) is 0 Å². The van der Waals surface area contributed by atoms with Gasteiger partial charge in [-0.05, 0) is 0 Å². The largest absolute Gasteiger partial charge is 0.383 e. The van der Waals surface area contributed by atoms with E-state index in [9.17, 15) is 9.36 Å². The normalized spacial score (nSPS) is 10.7.